The molecule has 2 heterocycles. The maximum atomic E-state index is 14.0. The summed E-state index contributed by atoms with van der Waals surface area (Å²) in [7, 11) is 1.46. The molecule has 1 aliphatic heterocycles. The van der Waals surface area contributed by atoms with Crippen molar-refractivity contribution in [1.82, 2.24) is 4.57 Å². The summed E-state index contributed by atoms with van der Waals surface area (Å²) < 4.78 is 30.0. The molecule has 0 bridgehead atoms. The van der Waals surface area contributed by atoms with Crippen LogP contribution in [0.1, 0.15) is 51.8 Å². The Bertz CT molecular complexity index is 1740. The molecule has 1 atom stereocenters. The summed E-state index contributed by atoms with van der Waals surface area (Å²) >= 11 is 4.61. The summed E-state index contributed by atoms with van der Waals surface area (Å²) in [5, 5.41) is 0. The highest BCUT2D eigenvalue weighted by Crippen LogP contribution is 2.38. The maximum absolute atomic E-state index is 14.0. The van der Waals surface area contributed by atoms with Crippen LogP contribution in [0.5, 0.6) is 23.0 Å². The number of thiazole rings is 1. The van der Waals surface area contributed by atoms with Gasteiger partial charge in [-0.1, -0.05) is 17.4 Å². The van der Waals surface area contributed by atoms with Gasteiger partial charge in [0.1, 0.15) is 0 Å². The topological polar surface area (TPSA) is 115 Å². The van der Waals surface area contributed by atoms with Gasteiger partial charge in [0.15, 0.2) is 27.8 Å². The van der Waals surface area contributed by atoms with Gasteiger partial charge in [0.2, 0.25) is 0 Å². The van der Waals surface area contributed by atoms with E-state index in [1.54, 1.807) is 44.2 Å². The van der Waals surface area contributed by atoms with Crippen LogP contribution in [-0.4, -0.2) is 43.4 Å². The molecule has 0 fully saturated rings. The molecule has 0 aliphatic carbocycles. The van der Waals surface area contributed by atoms with Crippen LogP contribution in [0.25, 0.3) is 6.08 Å². The van der Waals surface area contributed by atoms with Crippen LogP contribution < -0.4 is 33.8 Å². The van der Waals surface area contributed by atoms with Crippen molar-refractivity contribution in [3.63, 3.8) is 0 Å². The minimum absolute atomic E-state index is 0.167. The number of esters is 2. The van der Waals surface area contributed by atoms with E-state index in [9.17, 15) is 14.4 Å². The van der Waals surface area contributed by atoms with E-state index in [0.717, 1.165) is 0 Å². The minimum atomic E-state index is -0.815. The summed E-state index contributed by atoms with van der Waals surface area (Å²) in [4.78, 5) is 43.8. The first-order valence-corrected chi connectivity index (χ1v) is 14.9. The van der Waals surface area contributed by atoms with Gasteiger partial charge >= 0.3 is 11.9 Å². The molecule has 0 unspecified atom stereocenters. The van der Waals surface area contributed by atoms with Crippen LogP contribution in [-0.2, 0) is 14.3 Å². The summed E-state index contributed by atoms with van der Waals surface area (Å²) in [5.41, 5.74) is 1.63. The second kappa shape index (κ2) is 13.4. The van der Waals surface area contributed by atoms with Gasteiger partial charge in [0.05, 0.1) is 53.2 Å². The number of aromatic nitrogens is 1. The van der Waals surface area contributed by atoms with Gasteiger partial charge in [-0.25, -0.2) is 9.79 Å². The van der Waals surface area contributed by atoms with Gasteiger partial charge in [-0.3, -0.25) is 14.2 Å². The molecule has 12 heteroatoms. The fourth-order valence-corrected chi connectivity index (χ4v) is 6.15. The fourth-order valence-electron chi connectivity index (χ4n) is 4.56. The number of fused-ring (bicyclic) bond motifs is 1. The highest BCUT2D eigenvalue weighted by molar-refractivity contribution is 9.10. The Hall–Kier alpha value is -3.90. The van der Waals surface area contributed by atoms with Crippen molar-refractivity contribution in [1.29, 1.82) is 0 Å². The molecule has 0 N–H and O–H groups in total. The lowest BCUT2D eigenvalue weighted by Gasteiger charge is -2.25. The van der Waals surface area contributed by atoms with Crippen molar-refractivity contribution >= 4 is 45.3 Å². The first kappa shape index (κ1) is 31.0. The van der Waals surface area contributed by atoms with Crippen LogP contribution in [0.15, 0.2) is 55.9 Å². The number of hydrogen-bond acceptors (Lipinski definition) is 10. The molecule has 0 saturated heterocycles. The Morgan fingerprint density at radius 3 is 2.40 bits per heavy atom. The Morgan fingerprint density at radius 1 is 1.05 bits per heavy atom. The van der Waals surface area contributed by atoms with Crippen molar-refractivity contribution < 1.29 is 33.3 Å². The van der Waals surface area contributed by atoms with Gasteiger partial charge in [0.25, 0.3) is 5.56 Å². The van der Waals surface area contributed by atoms with Crippen LogP contribution in [0.2, 0.25) is 0 Å². The van der Waals surface area contributed by atoms with Gasteiger partial charge in [-0.2, -0.15) is 0 Å². The van der Waals surface area contributed by atoms with E-state index in [-0.39, 0.29) is 23.5 Å². The summed E-state index contributed by atoms with van der Waals surface area (Å²) in [6.45, 7) is 9.51. The van der Waals surface area contributed by atoms with E-state index in [2.05, 4.69) is 20.9 Å². The van der Waals surface area contributed by atoms with Crippen LogP contribution >= 0.6 is 27.3 Å². The third kappa shape index (κ3) is 6.29. The SMILES string of the molecule is CCOC(=O)C1=C(C)N=c2s/c(=C\c3cc(Br)c(OC(C)=O)c(OC)c3)c(=O)n2[C@H]1c1ccc(OCC)c(OCC)c1. The van der Waals surface area contributed by atoms with Crippen molar-refractivity contribution in [2.45, 2.75) is 40.7 Å². The molecule has 0 saturated carbocycles. The van der Waals surface area contributed by atoms with E-state index in [0.29, 0.717) is 61.1 Å². The largest absolute Gasteiger partial charge is 0.493 e. The molecule has 2 aromatic carbocycles. The molecule has 10 nitrogen and oxygen atoms in total. The number of carbonyl (C=O) groups excluding carboxylic acids is 2. The summed E-state index contributed by atoms with van der Waals surface area (Å²) in [6, 6.07) is 7.92. The van der Waals surface area contributed by atoms with Crippen LogP contribution in [0, 0.1) is 0 Å². The van der Waals surface area contributed by atoms with Gasteiger partial charge < -0.3 is 23.7 Å². The molecule has 3 aromatic rings. The van der Waals surface area contributed by atoms with Crippen molar-refractivity contribution in [3.8, 4) is 23.0 Å². The van der Waals surface area contributed by atoms with E-state index >= 15 is 0 Å². The molecule has 1 aliphatic rings. The third-order valence-corrected chi connectivity index (χ3v) is 7.77. The number of allylic oxidation sites excluding steroid dienone is 1. The first-order chi connectivity index (χ1) is 20.1. The predicted molar refractivity (Wildman–Crippen MR) is 161 cm³/mol. The Balaban J connectivity index is 1.93. The summed E-state index contributed by atoms with van der Waals surface area (Å²) in [5.74, 6) is 0.560. The van der Waals surface area contributed by atoms with Crippen LogP contribution in [0.3, 0.4) is 0 Å². The predicted octanol–water partition coefficient (Wildman–Crippen LogP) is 4.29. The normalized spacial score (nSPS) is 14.6. The van der Waals surface area contributed by atoms with Gasteiger partial charge in [0, 0.05) is 6.92 Å². The number of ether oxygens (including phenoxy) is 5. The van der Waals surface area contributed by atoms with Gasteiger partial charge in [-0.15, -0.1) is 0 Å². The van der Waals surface area contributed by atoms with E-state index < -0.39 is 18.0 Å². The molecule has 1 aromatic heterocycles. The number of halogens is 1. The quantitative estimate of drug-likeness (QED) is 0.234. The number of carbonyl (C=O) groups is 2. The van der Waals surface area contributed by atoms with Crippen LogP contribution in [0.4, 0.5) is 0 Å². The van der Waals surface area contributed by atoms with Crippen molar-refractivity contribution in [3.05, 3.63) is 76.9 Å². The summed E-state index contributed by atoms with van der Waals surface area (Å²) in [6.07, 6.45) is 1.69. The monoisotopic (exact) mass is 658 g/mol. The number of rotatable bonds is 10. The molecule has 42 heavy (non-hydrogen) atoms. The Morgan fingerprint density at radius 2 is 1.76 bits per heavy atom. The third-order valence-electron chi connectivity index (χ3n) is 6.20. The standard InChI is InChI=1S/C30H31BrN2O8S/c1-7-38-21-11-10-19(15-22(21)39-8-2)26-25(29(36)40-9-3)16(4)32-30-33(26)28(35)24(42-30)14-18-12-20(31)27(41-17(5)34)23(13-18)37-6/h10-15,26H,7-9H2,1-6H3/b24-14-/t26-/m0/s1. The Labute approximate surface area is 255 Å². The zero-order valence-corrected chi connectivity index (χ0v) is 26.5. The zero-order chi connectivity index (χ0) is 30.6. The molecular formula is C30H31BrN2O8S. The highest BCUT2D eigenvalue weighted by atomic mass is 79.9. The lowest BCUT2D eigenvalue weighted by molar-refractivity contribution is -0.139. The minimum Gasteiger partial charge on any atom is -0.493 e. The average Bonchev–Trinajstić information content (AvgIpc) is 3.24. The second-order valence-corrected chi connectivity index (χ2v) is 10.9. The smallest absolute Gasteiger partial charge is 0.338 e. The van der Waals surface area contributed by atoms with E-state index in [1.165, 1.54) is 29.9 Å². The van der Waals surface area contributed by atoms with E-state index in [4.69, 9.17) is 23.7 Å². The highest BCUT2D eigenvalue weighted by Gasteiger charge is 2.34. The Kier molecular flexibility index (Phi) is 9.89. The molecule has 0 spiro atoms. The molecular weight excluding hydrogens is 628 g/mol. The second-order valence-electron chi connectivity index (χ2n) is 9.00. The molecule has 0 amide bonds. The number of methoxy groups -OCH3 is 1. The molecule has 0 radical (unpaired) electrons. The number of benzene rings is 2. The average molecular weight is 660 g/mol. The number of nitrogens with zero attached hydrogens (tertiary/aromatic N) is 2. The van der Waals surface area contributed by atoms with Crippen molar-refractivity contribution in [2.24, 2.45) is 4.99 Å². The molecule has 4 rings (SSSR count). The molecule has 222 valence electrons. The van der Waals surface area contributed by atoms with E-state index in [1.807, 2.05) is 19.9 Å². The lowest BCUT2D eigenvalue weighted by Crippen LogP contribution is -2.40. The fraction of sp³-hybridized carbons (Fsp3) is 0.333. The first-order valence-electron chi connectivity index (χ1n) is 13.3. The van der Waals surface area contributed by atoms with Gasteiger partial charge in [-0.05, 0) is 85.1 Å². The maximum Gasteiger partial charge on any atom is 0.338 e. The zero-order valence-electron chi connectivity index (χ0n) is 24.1. The number of hydrogen-bond donors (Lipinski definition) is 0. The lowest BCUT2D eigenvalue weighted by atomic mass is 9.95. The van der Waals surface area contributed by atoms with Crippen molar-refractivity contribution in [2.75, 3.05) is 26.9 Å².